The third kappa shape index (κ3) is 2.89. The average Bonchev–Trinajstić information content (AvgIpc) is 2.37. The summed E-state index contributed by atoms with van der Waals surface area (Å²) >= 11 is 4.67. The van der Waals surface area contributed by atoms with Crippen molar-refractivity contribution < 1.29 is 35.8 Å². The normalized spacial score (nSPS) is 8.42. The van der Waals surface area contributed by atoms with E-state index in [0.29, 0.717) is 0 Å². The maximum absolute atomic E-state index is 10.7. The minimum Gasteiger partial charge on any atom is -1.00 e. The first-order valence-electron chi connectivity index (χ1n) is 2.73. The van der Waals surface area contributed by atoms with Gasteiger partial charge in [0, 0.05) is 7.05 Å². The molecule has 0 bridgehead atoms. The Morgan fingerprint density at radius 3 is 2.92 bits per heavy atom. The number of rotatable bonds is 1. The maximum Gasteiger partial charge on any atom is 1.00 e. The second-order valence-electron chi connectivity index (χ2n) is 1.61. The molecule has 3 N–H and O–H groups in total. The van der Waals surface area contributed by atoms with Crippen LogP contribution in [0, 0.1) is 4.77 Å². The zero-order valence-corrected chi connectivity index (χ0v) is 9.47. The van der Waals surface area contributed by atoms with Gasteiger partial charge in [0.1, 0.15) is 0 Å². The Morgan fingerprint density at radius 2 is 2.50 bits per heavy atom. The number of nitrogens with zero attached hydrogens (tertiary/aromatic N) is 3. The van der Waals surface area contributed by atoms with E-state index in [9.17, 15) is 4.79 Å². The molecule has 0 aromatic carbocycles. The van der Waals surface area contributed by atoms with E-state index >= 15 is 0 Å². The number of carbonyl (C=O) groups excluding carboxylic acids is 1. The van der Waals surface area contributed by atoms with E-state index in [1.807, 2.05) is 0 Å². The summed E-state index contributed by atoms with van der Waals surface area (Å²) in [6.07, 6.45) is 0. The topological polar surface area (TPSA) is 87.6 Å². The Labute approximate surface area is 96.6 Å². The number of nitrogens with one attached hydrogen (secondary N) is 3. The van der Waals surface area contributed by atoms with E-state index in [0.717, 1.165) is 4.79 Å². The molecule has 2 amide bonds. The van der Waals surface area contributed by atoms with Crippen molar-refractivity contribution in [3.05, 3.63) is 4.77 Å². The summed E-state index contributed by atoms with van der Waals surface area (Å²) in [4.78, 5) is 11.8. The van der Waals surface area contributed by atoms with Gasteiger partial charge in [0.05, 0.1) is 0 Å². The third-order valence-electron chi connectivity index (χ3n) is 0.912. The smallest absolute Gasteiger partial charge is 1.00 e. The summed E-state index contributed by atoms with van der Waals surface area (Å²) in [5.74, 6) is 0. The van der Waals surface area contributed by atoms with Crippen molar-refractivity contribution in [2.45, 2.75) is 0 Å². The molecule has 1 heterocycles. The molecule has 9 heteroatoms. The van der Waals surface area contributed by atoms with E-state index in [2.05, 4.69) is 38.5 Å². The molecule has 0 radical (unpaired) electrons. The van der Waals surface area contributed by atoms with Gasteiger partial charge < -0.3 is 6.74 Å². The zero-order chi connectivity index (χ0) is 8.27. The van der Waals surface area contributed by atoms with Crippen LogP contribution in [0.1, 0.15) is 1.43 Å². The first-order chi connectivity index (χ1) is 5.24. The van der Waals surface area contributed by atoms with Gasteiger partial charge in [0.2, 0.25) is 0 Å². The number of hydrogen-bond acceptors (Lipinski definition) is 4. The summed E-state index contributed by atoms with van der Waals surface area (Å²) in [7, 11) is 1.49. The number of aromatic nitrogens is 4. The molecule has 0 fully saturated rings. The first-order valence-corrected chi connectivity index (χ1v) is 3.13. The van der Waals surface area contributed by atoms with Crippen LogP contribution in [0.3, 0.4) is 0 Å². The van der Waals surface area contributed by atoms with Gasteiger partial charge in [0.25, 0.3) is 4.77 Å². The average molecular weight is 198 g/mol. The molecule has 0 saturated heterocycles. The van der Waals surface area contributed by atoms with Crippen LogP contribution in [0.15, 0.2) is 0 Å². The van der Waals surface area contributed by atoms with Crippen LogP contribution < -0.4 is 40.3 Å². The molecule has 0 saturated carbocycles. The Bertz CT molecular complexity index is 311. The molecule has 1 aromatic rings. The van der Waals surface area contributed by atoms with E-state index < -0.39 is 6.03 Å². The number of carbonyl (C=O) groups is 1. The molecular weight excluding hydrogens is 191 g/mol. The van der Waals surface area contributed by atoms with Crippen molar-refractivity contribution in [2.24, 2.45) is 0 Å². The standard InChI is InChI=1S/C3H6N6OS.Na.H/c1-4-2(10)6-9-3(11)5-7-8-9;;/h1H3,(H2,4,6,10)(H,5,8,11);;/q;+1;-1. The second kappa shape index (κ2) is 5.25. The van der Waals surface area contributed by atoms with Crippen LogP contribution in [0.25, 0.3) is 0 Å². The van der Waals surface area contributed by atoms with E-state index in [4.69, 9.17) is 0 Å². The summed E-state index contributed by atoms with van der Waals surface area (Å²) in [6, 6.07) is -0.396. The Kier molecular flexibility index (Phi) is 5.06. The maximum atomic E-state index is 10.7. The summed E-state index contributed by atoms with van der Waals surface area (Å²) in [5.41, 5.74) is 2.32. The third-order valence-corrected chi connectivity index (χ3v) is 1.18. The first kappa shape index (κ1) is 11.6. The van der Waals surface area contributed by atoms with Gasteiger partial charge in [-0.3, -0.25) is 0 Å². The Balaban J connectivity index is 0. The largest absolute Gasteiger partial charge is 1.00 e. The fraction of sp³-hybridized carbons (Fsp3) is 0.333. The van der Waals surface area contributed by atoms with Crippen LogP contribution in [-0.2, 0) is 0 Å². The Hall–Kier alpha value is -0.440. The van der Waals surface area contributed by atoms with Gasteiger partial charge in [-0.15, -0.1) is 4.79 Å². The van der Waals surface area contributed by atoms with E-state index in [-0.39, 0.29) is 35.8 Å². The van der Waals surface area contributed by atoms with Crippen molar-refractivity contribution in [1.29, 1.82) is 0 Å². The number of aromatic amines is 1. The van der Waals surface area contributed by atoms with Gasteiger partial charge in [-0.2, -0.15) is 5.21 Å². The monoisotopic (exact) mass is 198 g/mol. The molecule has 7 nitrogen and oxygen atoms in total. The molecule has 0 aliphatic carbocycles. The summed E-state index contributed by atoms with van der Waals surface area (Å²) < 4.78 is 0.161. The molecular formula is C3H7N6NaOS. The number of urea groups is 1. The number of tetrazole rings is 1. The second-order valence-corrected chi connectivity index (χ2v) is 1.97. The molecule has 62 valence electrons. The summed E-state index contributed by atoms with van der Waals surface area (Å²) in [6.45, 7) is 0. The van der Waals surface area contributed by atoms with Crippen molar-refractivity contribution in [3.63, 3.8) is 0 Å². The molecule has 12 heavy (non-hydrogen) atoms. The number of hydrogen-bond donors (Lipinski definition) is 3. The fourth-order valence-electron chi connectivity index (χ4n) is 0.428. The zero-order valence-electron chi connectivity index (χ0n) is 7.66. The molecule has 1 rings (SSSR count). The minimum absolute atomic E-state index is 0. The SMILES string of the molecule is CNC(=O)Nn1[nH]nnc1=S.[H-].[Na+]. The van der Waals surface area contributed by atoms with Crippen molar-refractivity contribution in [1.82, 2.24) is 25.6 Å². The molecule has 1 aromatic heterocycles. The van der Waals surface area contributed by atoms with Crippen molar-refractivity contribution in [2.75, 3.05) is 12.5 Å². The predicted octanol–water partition coefficient (Wildman–Crippen LogP) is -3.66. The van der Waals surface area contributed by atoms with Gasteiger partial charge in [0.15, 0.2) is 0 Å². The van der Waals surface area contributed by atoms with Crippen LogP contribution in [0.4, 0.5) is 4.79 Å². The van der Waals surface area contributed by atoms with E-state index in [1.54, 1.807) is 0 Å². The van der Waals surface area contributed by atoms with Gasteiger partial charge >= 0.3 is 35.6 Å². The summed E-state index contributed by atoms with van der Waals surface area (Å²) in [5, 5.41) is 11.5. The molecule has 0 aliphatic heterocycles. The van der Waals surface area contributed by atoms with Gasteiger partial charge in [-0.05, 0) is 17.4 Å². The minimum atomic E-state index is -0.396. The number of amides is 2. The Morgan fingerprint density at radius 1 is 1.83 bits per heavy atom. The van der Waals surface area contributed by atoms with Gasteiger partial charge in [-0.1, -0.05) is 5.10 Å². The van der Waals surface area contributed by atoms with Crippen LogP contribution in [0.5, 0.6) is 0 Å². The molecule has 0 atom stereocenters. The number of H-pyrrole nitrogens is 1. The fourth-order valence-corrected chi connectivity index (χ4v) is 0.555. The molecule has 0 spiro atoms. The van der Waals surface area contributed by atoms with Crippen LogP contribution >= 0.6 is 12.2 Å². The quantitative estimate of drug-likeness (QED) is 0.320. The van der Waals surface area contributed by atoms with Crippen molar-refractivity contribution >= 4 is 18.2 Å². The van der Waals surface area contributed by atoms with Crippen molar-refractivity contribution in [3.8, 4) is 0 Å². The predicted molar refractivity (Wildman–Crippen MR) is 40.1 cm³/mol. The van der Waals surface area contributed by atoms with Gasteiger partial charge in [-0.25, -0.2) is 10.2 Å². The molecule has 0 unspecified atom stereocenters. The molecule has 0 aliphatic rings. The van der Waals surface area contributed by atoms with Crippen LogP contribution in [-0.4, -0.2) is 33.4 Å². The van der Waals surface area contributed by atoms with E-state index in [1.165, 1.54) is 7.05 Å². The van der Waals surface area contributed by atoms with Crippen LogP contribution in [0.2, 0.25) is 0 Å².